The van der Waals surface area contributed by atoms with Gasteiger partial charge in [0.1, 0.15) is 0 Å². The summed E-state index contributed by atoms with van der Waals surface area (Å²) in [6, 6.07) is 0. The zero-order chi connectivity index (χ0) is 12.9. The summed E-state index contributed by atoms with van der Waals surface area (Å²) in [5.74, 6) is 0.968. The highest BCUT2D eigenvalue weighted by molar-refractivity contribution is 4.88. The first-order valence-corrected chi connectivity index (χ1v) is 7.91. The van der Waals surface area contributed by atoms with E-state index in [2.05, 4.69) is 34.6 Å². The molecule has 1 fully saturated rings. The Kier molecular flexibility index (Phi) is 5.54. The highest BCUT2D eigenvalue weighted by atomic mass is 14.4. The summed E-state index contributed by atoms with van der Waals surface area (Å²) < 4.78 is 0. The van der Waals surface area contributed by atoms with Crippen LogP contribution in [-0.4, -0.2) is 0 Å². The van der Waals surface area contributed by atoms with Gasteiger partial charge in [-0.25, -0.2) is 0 Å². The number of rotatable bonds is 5. The maximum Gasteiger partial charge on any atom is -0.0290 e. The molecule has 0 amide bonds. The molecule has 0 bridgehead atoms. The summed E-state index contributed by atoms with van der Waals surface area (Å²) in [6.07, 6.45) is 13.1. The normalized spacial score (nSPS) is 20.8. The molecular formula is C17H34. The molecule has 17 heavy (non-hydrogen) atoms. The average Bonchev–Trinajstić information content (AvgIpc) is 2.25. The van der Waals surface area contributed by atoms with Crippen LogP contribution in [0.4, 0.5) is 0 Å². The van der Waals surface area contributed by atoms with Crippen LogP contribution < -0.4 is 0 Å². The van der Waals surface area contributed by atoms with Gasteiger partial charge in [0.25, 0.3) is 0 Å². The fraction of sp³-hybridized carbons (Fsp3) is 1.00. The van der Waals surface area contributed by atoms with E-state index in [-0.39, 0.29) is 0 Å². The third kappa shape index (κ3) is 5.02. The summed E-state index contributed by atoms with van der Waals surface area (Å²) in [5, 5.41) is 0. The minimum absolute atomic E-state index is 0.503. The van der Waals surface area contributed by atoms with E-state index in [9.17, 15) is 0 Å². The van der Waals surface area contributed by atoms with Gasteiger partial charge in [0.05, 0.1) is 0 Å². The third-order valence-electron chi connectivity index (χ3n) is 4.70. The summed E-state index contributed by atoms with van der Waals surface area (Å²) in [7, 11) is 0. The monoisotopic (exact) mass is 238 g/mol. The molecule has 1 rings (SSSR count). The highest BCUT2D eigenvalue weighted by Crippen LogP contribution is 2.49. The van der Waals surface area contributed by atoms with Gasteiger partial charge in [-0.3, -0.25) is 0 Å². The molecule has 0 unspecified atom stereocenters. The lowest BCUT2D eigenvalue weighted by Crippen LogP contribution is -2.31. The maximum absolute atomic E-state index is 2.43. The van der Waals surface area contributed by atoms with Gasteiger partial charge in [0.2, 0.25) is 0 Å². The average molecular weight is 238 g/mol. The molecule has 0 spiro atoms. The largest absolute Gasteiger partial charge is 0.0651 e. The Morgan fingerprint density at radius 3 is 1.88 bits per heavy atom. The van der Waals surface area contributed by atoms with Crippen LogP contribution in [0.25, 0.3) is 0 Å². The van der Waals surface area contributed by atoms with Gasteiger partial charge < -0.3 is 0 Å². The molecule has 0 N–H and O–H groups in total. The van der Waals surface area contributed by atoms with Crippen molar-refractivity contribution in [3.8, 4) is 0 Å². The number of hydrogen-bond acceptors (Lipinski definition) is 0. The molecule has 1 aliphatic carbocycles. The molecule has 0 saturated heterocycles. The van der Waals surface area contributed by atoms with Crippen molar-refractivity contribution < 1.29 is 0 Å². The molecule has 0 nitrogen and oxygen atoms in total. The van der Waals surface area contributed by atoms with Crippen LogP contribution in [0.2, 0.25) is 0 Å². The number of hydrogen-bond donors (Lipinski definition) is 0. The van der Waals surface area contributed by atoms with Crippen molar-refractivity contribution in [2.24, 2.45) is 16.7 Å². The van der Waals surface area contributed by atoms with E-state index in [1.807, 2.05) is 0 Å². The SMILES string of the molecule is CCC(CC)CC1(CC(C)(C)C)CCCCC1. The minimum Gasteiger partial charge on any atom is -0.0651 e. The lowest BCUT2D eigenvalue weighted by Gasteiger charge is -2.44. The quantitative estimate of drug-likeness (QED) is 0.535. The van der Waals surface area contributed by atoms with Gasteiger partial charge in [-0.05, 0) is 42.4 Å². The first kappa shape index (κ1) is 15.1. The van der Waals surface area contributed by atoms with Gasteiger partial charge in [0.15, 0.2) is 0 Å². The molecule has 0 heteroatoms. The van der Waals surface area contributed by atoms with Gasteiger partial charge in [0, 0.05) is 0 Å². The molecule has 0 aromatic rings. The second-order valence-electron chi connectivity index (χ2n) is 7.68. The van der Waals surface area contributed by atoms with Crippen molar-refractivity contribution in [3.63, 3.8) is 0 Å². The Morgan fingerprint density at radius 2 is 1.47 bits per heavy atom. The predicted molar refractivity (Wildman–Crippen MR) is 78.3 cm³/mol. The summed E-state index contributed by atoms with van der Waals surface area (Å²) in [6.45, 7) is 12.0. The van der Waals surface area contributed by atoms with E-state index in [1.165, 1.54) is 57.8 Å². The van der Waals surface area contributed by atoms with Crippen LogP contribution in [0.3, 0.4) is 0 Å². The molecule has 1 saturated carbocycles. The molecular weight excluding hydrogens is 204 g/mol. The fourth-order valence-corrected chi connectivity index (χ4v) is 4.07. The van der Waals surface area contributed by atoms with E-state index in [1.54, 1.807) is 0 Å². The Morgan fingerprint density at radius 1 is 0.941 bits per heavy atom. The lowest BCUT2D eigenvalue weighted by molar-refractivity contribution is 0.0793. The Bertz CT molecular complexity index is 199. The summed E-state index contributed by atoms with van der Waals surface area (Å²) in [4.78, 5) is 0. The molecule has 0 radical (unpaired) electrons. The molecule has 0 aromatic carbocycles. The van der Waals surface area contributed by atoms with Gasteiger partial charge >= 0.3 is 0 Å². The molecule has 1 aliphatic rings. The van der Waals surface area contributed by atoms with Crippen LogP contribution in [0.1, 0.15) is 92.4 Å². The van der Waals surface area contributed by atoms with Crippen LogP contribution >= 0.6 is 0 Å². The Labute approximate surface area is 110 Å². The zero-order valence-corrected chi connectivity index (χ0v) is 12.9. The van der Waals surface area contributed by atoms with Gasteiger partial charge in [-0.15, -0.1) is 0 Å². The van der Waals surface area contributed by atoms with Crippen LogP contribution in [0, 0.1) is 16.7 Å². The standard InChI is InChI=1S/C17H34/c1-6-15(7-2)13-17(14-16(3,4)5)11-9-8-10-12-17/h15H,6-14H2,1-5H3. The van der Waals surface area contributed by atoms with Crippen molar-refractivity contribution in [3.05, 3.63) is 0 Å². The third-order valence-corrected chi connectivity index (χ3v) is 4.70. The first-order chi connectivity index (χ1) is 7.91. The van der Waals surface area contributed by atoms with Gasteiger partial charge in [-0.2, -0.15) is 0 Å². The smallest absolute Gasteiger partial charge is 0.0290 e. The van der Waals surface area contributed by atoms with Gasteiger partial charge in [-0.1, -0.05) is 66.7 Å². The van der Waals surface area contributed by atoms with E-state index >= 15 is 0 Å². The van der Waals surface area contributed by atoms with Crippen molar-refractivity contribution >= 4 is 0 Å². The van der Waals surface area contributed by atoms with E-state index in [0.717, 1.165) is 5.92 Å². The highest BCUT2D eigenvalue weighted by Gasteiger charge is 2.36. The van der Waals surface area contributed by atoms with E-state index in [0.29, 0.717) is 10.8 Å². The summed E-state index contributed by atoms with van der Waals surface area (Å²) in [5.41, 5.74) is 1.19. The van der Waals surface area contributed by atoms with E-state index < -0.39 is 0 Å². The molecule has 0 atom stereocenters. The molecule has 0 heterocycles. The first-order valence-electron chi connectivity index (χ1n) is 7.91. The lowest BCUT2D eigenvalue weighted by atomic mass is 9.62. The topological polar surface area (TPSA) is 0 Å². The zero-order valence-electron chi connectivity index (χ0n) is 12.9. The Hall–Kier alpha value is 0. The second-order valence-corrected chi connectivity index (χ2v) is 7.68. The Balaban J connectivity index is 2.70. The van der Waals surface area contributed by atoms with Crippen LogP contribution in [0.15, 0.2) is 0 Å². The molecule has 102 valence electrons. The van der Waals surface area contributed by atoms with E-state index in [4.69, 9.17) is 0 Å². The minimum atomic E-state index is 0.503. The van der Waals surface area contributed by atoms with Crippen molar-refractivity contribution in [1.29, 1.82) is 0 Å². The second kappa shape index (κ2) is 6.25. The van der Waals surface area contributed by atoms with Crippen molar-refractivity contribution in [2.45, 2.75) is 92.4 Å². The summed E-state index contributed by atoms with van der Waals surface area (Å²) >= 11 is 0. The maximum atomic E-state index is 2.43. The van der Waals surface area contributed by atoms with Crippen LogP contribution in [-0.2, 0) is 0 Å². The fourth-order valence-electron chi connectivity index (χ4n) is 4.07. The van der Waals surface area contributed by atoms with Crippen molar-refractivity contribution in [1.82, 2.24) is 0 Å². The predicted octanol–water partition coefficient (Wildman–Crippen LogP) is 6.20. The molecule has 0 aromatic heterocycles. The van der Waals surface area contributed by atoms with Crippen molar-refractivity contribution in [2.75, 3.05) is 0 Å². The van der Waals surface area contributed by atoms with Crippen LogP contribution in [0.5, 0.6) is 0 Å². The molecule has 0 aliphatic heterocycles.